The van der Waals surface area contributed by atoms with Crippen molar-refractivity contribution in [1.29, 1.82) is 0 Å². The number of hydrogen-bond acceptors (Lipinski definition) is 0. The molecule has 172 valence electrons. The molecule has 0 aromatic carbocycles. The Labute approximate surface area is 201 Å². The molecule has 0 bridgehead atoms. The van der Waals surface area contributed by atoms with Gasteiger partial charge in [0, 0.05) is 7.92 Å². The van der Waals surface area contributed by atoms with E-state index in [4.69, 9.17) is 0 Å². The molecule has 6 heteroatoms. The third kappa shape index (κ3) is 24.8. The summed E-state index contributed by atoms with van der Waals surface area (Å²) in [6.45, 7) is 28.3. The van der Waals surface area contributed by atoms with Gasteiger partial charge in [0.1, 0.15) is 0 Å². The van der Waals surface area contributed by atoms with Crippen LogP contribution in [0.2, 0.25) is 0 Å². The van der Waals surface area contributed by atoms with Gasteiger partial charge in [0.2, 0.25) is 0 Å². The second-order valence-electron chi connectivity index (χ2n) is 7.69. The van der Waals surface area contributed by atoms with Crippen LogP contribution in [0, 0.1) is 14.9 Å². The van der Waals surface area contributed by atoms with Gasteiger partial charge in [-0.05, 0) is 58.5 Å². The van der Waals surface area contributed by atoms with Gasteiger partial charge >= 0.3 is 55.4 Å². The van der Waals surface area contributed by atoms with Gasteiger partial charge in [0.05, 0.1) is 17.0 Å². The van der Waals surface area contributed by atoms with Gasteiger partial charge in [-0.2, -0.15) is 0 Å². The summed E-state index contributed by atoms with van der Waals surface area (Å²) in [5, 5.41) is 0. The molecule has 0 aliphatic rings. The van der Waals surface area contributed by atoms with E-state index in [9.17, 15) is 0 Å². The van der Waals surface area contributed by atoms with E-state index in [1.807, 2.05) is 0 Å². The average molecular weight is 635 g/mol. The van der Waals surface area contributed by atoms with Crippen LogP contribution in [0.5, 0.6) is 0 Å². The third-order valence-corrected chi connectivity index (χ3v) is 11.4. The summed E-state index contributed by atoms with van der Waals surface area (Å²) in [5.41, 5.74) is 5.50. The molecule has 26 heavy (non-hydrogen) atoms. The molecule has 0 unspecified atom stereocenters. The zero-order valence-electron chi connectivity index (χ0n) is 19.8. The molecule has 0 atom stereocenters. The minimum atomic E-state index is -0.0957. The zero-order valence-corrected chi connectivity index (χ0v) is 26.3. The van der Waals surface area contributed by atoms with Gasteiger partial charge in [0.15, 0.2) is 0 Å². The Morgan fingerprint density at radius 3 is 0.654 bits per heavy atom. The van der Waals surface area contributed by atoms with Crippen LogP contribution in [0.3, 0.4) is 0 Å². The molecule has 0 aromatic rings. The number of halogens is 2. The molecule has 0 radical (unpaired) electrons. The van der Waals surface area contributed by atoms with Crippen LogP contribution in [0.1, 0.15) is 83.1 Å². The van der Waals surface area contributed by atoms with Crippen LogP contribution in [0.15, 0.2) is 0 Å². The Morgan fingerprint density at radius 2 is 0.654 bits per heavy atom. The van der Waals surface area contributed by atoms with Crippen molar-refractivity contribution in [3.8, 4) is 0 Å². The summed E-state index contributed by atoms with van der Waals surface area (Å²) in [6.07, 6.45) is 0. The van der Waals surface area contributed by atoms with E-state index in [-0.39, 0.29) is 30.7 Å². The Balaban J connectivity index is -0.0000000604. The Morgan fingerprint density at radius 1 is 0.500 bits per heavy atom. The Kier molecular flexibility index (Phi) is 45.7. The molecule has 0 aromatic heterocycles. The maximum atomic E-state index is 4.49. The van der Waals surface area contributed by atoms with Crippen molar-refractivity contribution in [3.05, 3.63) is 14.9 Å². The molecular formula is C20H49Cl2P2Pd2+. The first kappa shape index (κ1) is 42.8. The van der Waals surface area contributed by atoms with E-state index in [0.29, 0.717) is 0 Å². The summed E-state index contributed by atoms with van der Waals surface area (Å²) >= 11 is 4.44. The van der Waals surface area contributed by atoms with Crippen LogP contribution >= 0.6 is 34.9 Å². The summed E-state index contributed by atoms with van der Waals surface area (Å²) < 4.78 is 0. The van der Waals surface area contributed by atoms with Gasteiger partial charge in [-0.25, -0.2) is 0 Å². The fourth-order valence-corrected chi connectivity index (χ4v) is 11.4. The van der Waals surface area contributed by atoms with Gasteiger partial charge in [0.25, 0.3) is 0 Å². The molecule has 0 saturated heterocycles. The maximum absolute atomic E-state index is 4.49. The molecule has 0 rings (SSSR count). The van der Waals surface area contributed by atoms with Crippen LogP contribution in [-0.2, 0) is 36.4 Å². The van der Waals surface area contributed by atoms with Gasteiger partial charge in [-0.15, -0.1) is 0 Å². The summed E-state index contributed by atoms with van der Waals surface area (Å²) in [6, 6.07) is 0. The standard InChI is InChI=1S/2C9H21P.2CH3.2ClH.2Pd/c2*1-7(2)10(8(3)4)9(5)6;;;;;;/h2*7-9H,1-6H3;2*1H3;2*1H;;/q;;2*-1;;;2*+2/p-1. The monoisotopic (exact) mass is 633 g/mol. The van der Waals surface area contributed by atoms with E-state index in [2.05, 4.69) is 139 Å². The normalized spacial score (nSPS) is 10.2. The molecule has 0 fully saturated rings. The van der Waals surface area contributed by atoms with Crippen LogP contribution < -0.4 is 0 Å². The van der Waals surface area contributed by atoms with E-state index in [1.54, 1.807) is 0 Å². The first-order valence-electron chi connectivity index (χ1n) is 8.81. The quantitative estimate of drug-likeness (QED) is 0.155. The minimum absolute atomic E-state index is 0. The number of hydrogen-bond donors (Lipinski definition) is 0. The molecule has 0 heterocycles. The molecule has 0 amide bonds. The first-order chi connectivity index (χ1) is 10.9. The SMILES string of the molecule is CC(C)P(C(C)C)C(C)C.CC(C)[PH+](C(C)C)C(C)C.[CH3-].[CH3-].[Cl][Pd+].[Cl][Pd+]. The molecule has 0 aliphatic heterocycles. The third-order valence-electron chi connectivity index (χ3n) is 3.79. The van der Waals surface area contributed by atoms with Crippen molar-refractivity contribution in [2.45, 2.75) is 117 Å². The molecule has 0 nitrogen and oxygen atoms in total. The van der Waals surface area contributed by atoms with E-state index in [0.717, 1.165) is 34.0 Å². The molecular weight excluding hydrogens is 586 g/mol. The van der Waals surface area contributed by atoms with E-state index < -0.39 is 0 Å². The predicted molar refractivity (Wildman–Crippen MR) is 131 cm³/mol. The zero-order chi connectivity index (χ0) is 20.6. The van der Waals surface area contributed by atoms with Gasteiger partial charge in [-0.1, -0.05) is 49.5 Å². The molecule has 0 aliphatic carbocycles. The average Bonchev–Trinajstić information content (AvgIpc) is 2.40. The summed E-state index contributed by atoms with van der Waals surface area (Å²) in [4.78, 5) is 0. The second-order valence-corrected chi connectivity index (χ2v) is 16.1. The van der Waals surface area contributed by atoms with Gasteiger partial charge < -0.3 is 14.9 Å². The van der Waals surface area contributed by atoms with Crippen molar-refractivity contribution in [3.63, 3.8) is 0 Å². The van der Waals surface area contributed by atoms with Crippen molar-refractivity contribution < 1.29 is 36.4 Å². The Bertz CT molecular complexity index is 176. The molecule has 0 spiro atoms. The summed E-state index contributed by atoms with van der Waals surface area (Å²) in [5.74, 6) is 0. The predicted octanol–water partition coefficient (Wildman–Crippen LogP) is 9.39. The van der Waals surface area contributed by atoms with Crippen molar-refractivity contribution in [2.75, 3.05) is 0 Å². The fourth-order valence-electron chi connectivity index (χ4n) is 3.79. The van der Waals surface area contributed by atoms with Crippen molar-refractivity contribution >= 4 is 34.9 Å². The Hall–Kier alpha value is 2.76. The molecule has 0 saturated carbocycles. The van der Waals surface area contributed by atoms with Crippen LogP contribution in [-0.4, -0.2) is 34.0 Å². The van der Waals surface area contributed by atoms with Gasteiger partial charge in [-0.3, -0.25) is 0 Å². The van der Waals surface area contributed by atoms with E-state index >= 15 is 0 Å². The van der Waals surface area contributed by atoms with Crippen LogP contribution in [0.25, 0.3) is 0 Å². The fraction of sp³-hybridized carbons (Fsp3) is 0.900. The van der Waals surface area contributed by atoms with Crippen molar-refractivity contribution in [1.82, 2.24) is 0 Å². The second kappa shape index (κ2) is 27.8. The topological polar surface area (TPSA) is 0 Å². The summed E-state index contributed by atoms with van der Waals surface area (Å²) in [7, 11) is 9.14. The first-order valence-corrected chi connectivity index (χ1v) is 16.1. The molecule has 0 N–H and O–H groups in total. The van der Waals surface area contributed by atoms with Crippen LogP contribution in [0.4, 0.5) is 0 Å². The van der Waals surface area contributed by atoms with E-state index in [1.165, 1.54) is 0 Å². The number of rotatable bonds is 6. The van der Waals surface area contributed by atoms with Crippen molar-refractivity contribution in [2.24, 2.45) is 0 Å².